The van der Waals surface area contributed by atoms with E-state index in [1.165, 1.54) is 19.3 Å². The third-order valence-corrected chi connectivity index (χ3v) is 5.46. The Kier molecular flexibility index (Phi) is 6.26. The quantitative estimate of drug-likeness (QED) is 0.645. The molecule has 2 rings (SSSR count). The van der Waals surface area contributed by atoms with Crippen LogP contribution in [0, 0.1) is 5.92 Å². The van der Waals surface area contributed by atoms with Crippen molar-refractivity contribution < 1.29 is 8.42 Å². The minimum atomic E-state index is -3.38. The molecule has 0 saturated heterocycles. The monoisotopic (exact) mass is 313 g/mol. The van der Waals surface area contributed by atoms with Gasteiger partial charge >= 0.3 is 0 Å². The van der Waals surface area contributed by atoms with Gasteiger partial charge in [0.15, 0.2) is 0 Å². The van der Waals surface area contributed by atoms with Gasteiger partial charge in [-0.2, -0.15) is 0 Å². The van der Waals surface area contributed by atoms with E-state index in [-0.39, 0.29) is 0 Å². The molecule has 120 valence electrons. The van der Waals surface area contributed by atoms with Crippen LogP contribution in [0.5, 0.6) is 0 Å². The maximum absolute atomic E-state index is 12.3. The van der Waals surface area contributed by atoms with Gasteiger partial charge in [0.05, 0.1) is 4.90 Å². The zero-order chi connectivity index (χ0) is 15.1. The Hall–Kier alpha value is -0.850. The fourth-order valence-electron chi connectivity index (χ4n) is 2.78. The molecule has 5 nitrogen and oxygen atoms in total. The van der Waals surface area contributed by atoms with E-state index < -0.39 is 10.0 Å². The van der Waals surface area contributed by atoms with E-state index in [1.807, 2.05) is 0 Å². The number of sulfonamides is 1. The smallest absolute Gasteiger partial charge is 0.242 e. The summed E-state index contributed by atoms with van der Waals surface area (Å²) in [6.07, 6.45) is 8.66. The third-order valence-electron chi connectivity index (χ3n) is 4.06. The molecule has 6 heteroatoms. The van der Waals surface area contributed by atoms with Crippen molar-refractivity contribution >= 4 is 10.0 Å². The molecule has 1 aliphatic rings. The first-order valence-corrected chi connectivity index (χ1v) is 9.48. The molecule has 0 aliphatic heterocycles. The molecule has 1 aromatic heterocycles. The van der Waals surface area contributed by atoms with Crippen molar-refractivity contribution in [2.75, 3.05) is 13.1 Å². The number of hydrogen-bond acceptors (Lipinski definition) is 3. The number of hydrogen-bond donors (Lipinski definition) is 3. The van der Waals surface area contributed by atoms with Crippen molar-refractivity contribution in [1.29, 1.82) is 0 Å². The van der Waals surface area contributed by atoms with Crippen molar-refractivity contribution in [2.24, 2.45) is 5.92 Å². The van der Waals surface area contributed by atoms with Crippen LogP contribution >= 0.6 is 0 Å². The van der Waals surface area contributed by atoms with Gasteiger partial charge in [0, 0.05) is 25.0 Å². The molecular formula is C15H27N3O2S. The fraction of sp³-hybridized carbons (Fsp3) is 0.733. The van der Waals surface area contributed by atoms with Crippen LogP contribution in [0.3, 0.4) is 0 Å². The molecule has 21 heavy (non-hydrogen) atoms. The van der Waals surface area contributed by atoms with E-state index in [2.05, 4.69) is 21.9 Å². The predicted molar refractivity (Wildman–Crippen MR) is 84.6 cm³/mol. The minimum Gasteiger partial charge on any atom is -0.363 e. The molecule has 0 atom stereocenters. The van der Waals surface area contributed by atoms with Crippen LogP contribution in [0.25, 0.3) is 0 Å². The van der Waals surface area contributed by atoms with Crippen LogP contribution < -0.4 is 10.0 Å². The average molecular weight is 313 g/mol. The van der Waals surface area contributed by atoms with Gasteiger partial charge < -0.3 is 10.3 Å². The average Bonchev–Trinajstić information content (AvgIpc) is 2.96. The summed E-state index contributed by atoms with van der Waals surface area (Å²) in [6.45, 7) is 4.27. The highest BCUT2D eigenvalue weighted by Gasteiger charge is 2.19. The second kappa shape index (κ2) is 7.96. The zero-order valence-electron chi connectivity index (χ0n) is 12.8. The molecule has 3 N–H and O–H groups in total. The third kappa shape index (κ3) is 5.13. The highest BCUT2D eigenvalue weighted by atomic mass is 32.2. The lowest BCUT2D eigenvalue weighted by atomic mass is 9.90. The molecule has 1 fully saturated rings. The van der Waals surface area contributed by atoms with Gasteiger partial charge in [-0.15, -0.1) is 0 Å². The van der Waals surface area contributed by atoms with Crippen molar-refractivity contribution in [1.82, 2.24) is 15.0 Å². The van der Waals surface area contributed by atoms with Crippen molar-refractivity contribution in [2.45, 2.75) is 56.9 Å². The lowest BCUT2D eigenvalue weighted by Crippen LogP contribution is -2.30. The summed E-state index contributed by atoms with van der Waals surface area (Å²) in [6, 6.07) is 1.71. The van der Waals surface area contributed by atoms with E-state index in [9.17, 15) is 8.42 Å². The summed E-state index contributed by atoms with van der Waals surface area (Å²) in [4.78, 5) is 3.37. The Morgan fingerprint density at radius 1 is 1.29 bits per heavy atom. The summed E-state index contributed by atoms with van der Waals surface area (Å²) in [5.74, 6) is 0.498. The lowest BCUT2D eigenvalue weighted by Gasteiger charge is -2.21. The van der Waals surface area contributed by atoms with E-state index in [1.54, 1.807) is 12.3 Å². The first-order chi connectivity index (χ1) is 10.1. The maximum Gasteiger partial charge on any atom is 0.242 e. The highest BCUT2D eigenvalue weighted by molar-refractivity contribution is 7.89. The van der Waals surface area contributed by atoms with Gasteiger partial charge in [-0.05, 0) is 37.8 Å². The zero-order valence-corrected chi connectivity index (χ0v) is 13.6. The van der Waals surface area contributed by atoms with Crippen molar-refractivity contribution in [3.8, 4) is 0 Å². The minimum absolute atomic E-state index is 0.339. The standard InChI is InChI=1S/C15H27N3O2S/c1-2-8-16-11-14-9-15(12-17-14)21(19,20)18-10-13-6-4-3-5-7-13/h9,12-13,16-18H,2-8,10-11H2,1H3. The Labute approximate surface area is 128 Å². The molecule has 1 saturated carbocycles. The van der Waals surface area contributed by atoms with Crippen LogP contribution in [-0.2, 0) is 16.6 Å². The Morgan fingerprint density at radius 3 is 2.76 bits per heavy atom. The summed E-state index contributed by atoms with van der Waals surface area (Å²) in [5.41, 5.74) is 0.904. The van der Waals surface area contributed by atoms with Crippen molar-refractivity contribution in [3.05, 3.63) is 18.0 Å². The number of aromatic nitrogens is 1. The largest absolute Gasteiger partial charge is 0.363 e. The van der Waals surface area contributed by atoms with Crippen molar-refractivity contribution in [3.63, 3.8) is 0 Å². The van der Waals surface area contributed by atoms with Gasteiger partial charge in [-0.3, -0.25) is 0 Å². The Bertz CT molecular complexity index is 519. The first-order valence-electron chi connectivity index (χ1n) is 7.99. The Morgan fingerprint density at radius 2 is 2.05 bits per heavy atom. The molecule has 0 unspecified atom stereocenters. The predicted octanol–water partition coefficient (Wildman–Crippen LogP) is 2.37. The van der Waals surface area contributed by atoms with Gasteiger partial charge in [-0.25, -0.2) is 13.1 Å². The van der Waals surface area contributed by atoms with Crippen LogP contribution in [0.2, 0.25) is 0 Å². The van der Waals surface area contributed by atoms with Gasteiger partial charge in [-0.1, -0.05) is 26.2 Å². The second-order valence-electron chi connectivity index (χ2n) is 5.89. The van der Waals surface area contributed by atoms with E-state index in [0.29, 0.717) is 23.9 Å². The molecular weight excluding hydrogens is 286 g/mol. The van der Waals surface area contributed by atoms with E-state index >= 15 is 0 Å². The number of nitrogens with one attached hydrogen (secondary N) is 3. The second-order valence-corrected chi connectivity index (χ2v) is 7.66. The molecule has 1 aromatic rings. The topological polar surface area (TPSA) is 74.0 Å². The number of rotatable bonds is 8. The molecule has 0 spiro atoms. The highest BCUT2D eigenvalue weighted by Crippen LogP contribution is 2.23. The van der Waals surface area contributed by atoms with E-state index in [4.69, 9.17) is 0 Å². The molecule has 0 bridgehead atoms. The number of aromatic amines is 1. The summed E-state index contributed by atoms with van der Waals surface area (Å²) in [5, 5.41) is 3.25. The number of H-pyrrole nitrogens is 1. The lowest BCUT2D eigenvalue weighted by molar-refractivity contribution is 0.357. The molecule has 1 heterocycles. The van der Waals surface area contributed by atoms with Gasteiger partial charge in [0.2, 0.25) is 10.0 Å². The molecule has 0 aromatic carbocycles. The normalized spacial score (nSPS) is 17.2. The SMILES string of the molecule is CCCNCc1cc(S(=O)(=O)NCC2CCCCC2)c[nH]1. The van der Waals surface area contributed by atoms with Crippen LogP contribution in [0.1, 0.15) is 51.1 Å². The van der Waals surface area contributed by atoms with E-state index in [0.717, 1.165) is 31.5 Å². The molecule has 0 radical (unpaired) electrons. The van der Waals surface area contributed by atoms with Crippen LogP contribution in [0.15, 0.2) is 17.2 Å². The van der Waals surface area contributed by atoms with Crippen LogP contribution in [-0.4, -0.2) is 26.5 Å². The maximum atomic E-state index is 12.3. The van der Waals surface area contributed by atoms with Gasteiger partial charge in [0.25, 0.3) is 0 Å². The first kappa shape index (κ1) is 16.5. The summed E-state index contributed by atoms with van der Waals surface area (Å²) < 4.78 is 27.3. The van der Waals surface area contributed by atoms with Gasteiger partial charge in [0.1, 0.15) is 0 Å². The van der Waals surface area contributed by atoms with Crippen LogP contribution in [0.4, 0.5) is 0 Å². The summed E-state index contributed by atoms with van der Waals surface area (Å²) in [7, 11) is -3.38. The fourth-order valence-corrected chi connectivity index (χ4v) is 3.91. The molecule has 1 aliphatic carbocycles. The Balaban J connectivity index is 1.86. The summed E-state index contributed by atoms with van der Waals surface area (Å²) >= 11 is 0. The molecule has 0 amide bonds.